The third kappa shape index (κ3) is 9.28. The molecule has 0 spiro atoms. The summed E-state index contributed by atoms with van der Waals surface area (Å²) < 4.78 is 11.9. The van der Waals surface area contributed by atoms with Gasteiger partial charge in [0.1, 0.15) is 11.5 Å². The van der Waals surface area contributed by atoms with E-state index in [-0.39, 0.29) is 18.4 Å². The van der Waals surface area contributed by atoms with Crippen molar-refractivity contribution in [2.75, 3.05) is 18.1 Å². The molecule has 6 nitrogen and oxygen atoms in total. The Labute approximate surface area is 153 Å². The molecule has 1 aliphatic heterocycles. The number of carbonyl (C=O) groups is 2. The first-order valence-corrected chi connectivity index (χ1v) is 10.7. The lowest BCUT2D eigenvalue weighted by atomic mass is 10.1. The van der Waals surface area contributed by atoms with Crippen LogP contribution >= 0.6 is 0 Å². The molecule has 0 aromatic rings. The molecule has 1 aliphatic rings. The Kier molecular flexibility index (Phi) is 10.8. The Morgan fingerprint density at radius 3 is 2.84 bits per heavy atom. The summed E-state index contributed by atoms with van der Waals surface area (Å²) in [6.45, 7) is 2.54. The molecule has 1 fully saturated rings. The fraction of sp³-hybridized carbons (Fsp3) is 0.778. The van der Waals surface area contributed by atoms with Gasteiger partial charge in [-0.1, -0.05) is 49.5 Å². The molecule has 1 rings (SSSR count). The number of aliphatic hydroxyl groups excluding tert-OH is 1. The number of likely N-dealkylation sites (tertiary alicyclic amines) is 1. The third-order valence-electron chi connectivity index (χ3n) is 4.36. The van der Waals surface area contributed by atoms with Crippen LogP contribution in [-0.4, -0.2) is 61.7 Å². The lowest BCUT2D eigenvalue weighted by molar-refractivity contribution is -0.137. The van der Waals surface area contributed by atoms with Gasteiger partial charge in [-0.2, -0.15) is 0 Å². The van der Waals surface area contributed by atoms with Crippen molar-refractivity contribution < 1.29 is 24.4 Å². The maximum Gasteiger partial charge on any atom is 0.303 e. The van der Waals surface area contributed by atoms with Crippen LogP contribution in [0.25, 0.3) is 0 Å². The van der Waals surface area contributed by atoms with E-state index in [1.807, 2.05) is 6.08 Å². The number of aliphatic hydroxyl groups is 1. The van der Waals surface area contributed by atoms with Crippen molar-refractivity contribution in [3.05, 3.63) is 12.2 Å². The van der Waals surface area contributed by atoms with E-state index >= 15 is 0 Å². The molecule has 0 aromatic carbocycles. The van der Waals surface area contributed by atoms with E-state index in [4.69, 9.17) is 5.11 Å². The van der Waals surface area contributed by atoms with Gasteiger partial charge in [0, 0.05) is 19.3 Å². The lowest BCUT2D eigenvalue weighted by Crippen LogP contribution is -2.36. The van der Waals surface area contributed by atoms with Gasteiger partial charge in [-0.15, -0.1) is 0 Å². The molecule has 0 aliphatic carbocycles. The zero-order valence-corrected chi connectivity index (χ0v) is 15.9. The van der Waals surface area contributed by atoms with Gasteiger partial charge in [-0.3, -0.25) is 9.59 Å². The molecule has 1 heterocycles. The van der Waals surface area contributed by atoms with Crippen LogP contribution in [0.15, 0.2) is 12.2 Å². The first kappa shape index (κ1) is 22.0. The van der Waals surface area contributed by atoms with E-state index in [1.54, 1.807) is 11.0 Å². The normalized spacial score (nSPS) is 20.4. The van der Waals surface area contributed by atoms with Crippen molar-refractivity contribution >= 4 is 23.1 Å². The van der Waals surface area contributed by atoms with E-state index in [1.165, 1.54) is 0 Å². The van der Waals surface area contributed by atoms with Crippen LogP contribution in [0.4, 0.5) is 0 Å². The Morgan fingerprint density at radius 1 is 1.40 bits per heavy atom. The van der Waals surface area contributed by atoms with Gasteiger partial charge < -0.3 is 19.7 Å². The van der Waals surface area contributed by atoms with Gasteiger partial charge in [0.15, 0.2) is 0 Å². The van der Waals surface area contributed by atoms with Crippen molar-refractivity contribution in [1.82, 2.24) is 4.90 Å². The summed E-state index contributed by atoms with van der Waals surface area (Å²) in [5.74, 6) is -0.105. The molecular formula is C18H31NO5S. The Morgan fingerprint density at radius 2 is 2.16 bits per heavy atom. The molecule has 1 saturated heterocycles. The standard InChI is InChI=1S/C18H31NO5S/c1-2-3-4-6-16(20)10-8-15-9-11-17(21)19(15)12-14-25(24)13-5-7-18(22)23/h8,10,15-16,20H,2-7,9,11-14H2,1H3,(H,22,23). The number of carboxylic acids is 1. The highest BCUT2D eigenvalue weighted by Gasteiger charge is 2.29. The molecule has 1 amide bonds. The van der Waals surface area contributed by atoms with Crippen molar-refractivity contribution in [2.45, 2.75) is 70.4 Å². The van der Waals surface area contributed by atoms with Gasteiger partial charge in [-0.05, 0) is 12.8 Å². The van der Waals surface area contributed by atoms with E-state index in [2.05, 4.69) is 6.92 Å². The maximum atomic E-state index is 12.0. The van der Waals surface area contributed by atoms with Crippen LogP contribution < -0.4 is 0 Å². The van der Waals surface area contributed by atoms with Crippen molar-refractivity contribution in [3.8, 4) is 0 Å². The molecule has 3 atom stereocenters. The zero-order chi connectivity index (χ0) is 18.7. The van der Waals surface area contributed by atoms with Crippen molar-refractivity contribution in [2.24, 2.45) is 0 Å². The third-order valence-corrected chi connectivity index (χ3v) is 5.74. The molecule has 0 radical (unpaired) electrons. The number of hydrogen-bond donors (Lipinski definition) is 2. The molecule has 7 heteroatoms. The minimum absolute atomic E-state index is 0.0235. The number of nitrogens with zero attached hydrogens (tertiary/aromatic N) is 1. The van der Waals surface area contributed by atoms with Crippen LogP contribution in [0.3, 0.4) is 0 Å². The number of aliphatic carboxylic acids is 1. The van der Waals surface area contributed by atoms with Crippen molar-refractivity contribution in [1.29, 1.82) is 0 Å². The summed E-state index contributed by atoms with van der Waals surface area (Å²) in [5, 5.41) is 18.6. The van der Waals surface area contributed by atoms with Crippen LogP contribution in [0, 0.1) is 0 Å². The number of amides is 1. The number of carboxylic acid groups (broad SMARTS) is 1. The van der Waals surface area contributed by atoms with Gasteiger partial charge in [0.2, 0.25) is 5.91 Å². The van der Waals surface area contributed by atoms with Crippen LogP contribution in [0.2, 0.25) is 0 Å². The van der Waals surface area contributed by atoms with Crippen LogP contribution in [0.5, 0.6) is 0 Å². The highest BCUT2D eigenvalue weighted by Crippen LogP contribution is 2.20. The second-order valence-electron chi connectivity index (χ2n) is 6.49. The topological polar surface area (TPSA) is 101 Å². The fourth-order valence-corrected chi connectivity index (χ4v) is 3.96. The largest absolute Gasteiger partial charge is 0.616 e. The number of hydrogen-bond acceptors (Lipinski definition) is 4. The number of rotatable bonds is 13. The molecule has 144 valence electrons. The second-order valence-corrected chi connectivity index (χ2v) is 8.18. The quantitative estimate of drug-likeness (QED) is 0.292. The Balaban J connectivity index is 2.37. The summed E-state index contributed by atoms with van der Waals surface area (Å²) in [7, 11) is 0. The van der Waals surface area contributed by atoms with E-state index in [0.29, 0.717) is 30.9 Å². The minimum Gasteiger partial charge on any atom is -0.616 e. The van der Waals surface area contributed by atoms with Crippen LogP contribution in [0.1, 0.15) is 58.3 Å². The van der Waals surface area contributed by atoms with Gasteiger partial charge in [-0.25, -0.2) is 0 Å². The summed E-state index contributed by atoms with van der Waals surface area (Å²) in [4.78, 5) is 24.2. The Bertz CT molecular complexity index is 443. The smallest absolute Gasteiger partial charge is 0.303 e. The van der Waals surface area contributed by atoms with E-state index in [9.17, 15) is 19.2 Å². The summed E-state index contributed by atoms with van der Waals surface area (Å²) in [6.07, 6.45) is 8.76. The molecule has 25 heavy (non-hydrogen) atoms. The monoisotopic (exact) mass is 373 g/mol. The average molecular weight is 374 g/mol. The highest BCUT2D eigenvalue weighted by atomic mass is 32.2. The fourth-order valence-electron chi connectivity index (χ4n) is 2.89. The average Bonchev–Trinajstić information content (AvgIpc) is 2.91. The minimum atomic E-state index is -1.11. The van der Waals surface area contributed by atoms with Gasteiger partial charge in [0.25, 0.3) is 0 Å². The second kappa shape index (κ2) is 12.3. The molecule has 0 saturated carbocycles. The predicted molar refractivity (Wildman–Crippen MR) is 98.8 cm³/mol. The molecule has 3 unspecified atom stereocenters. The predicted octanol–water partition coefficient (Wildman–Crippen LogP) is 2.09. The van der Waals surface area contributed by atoms with Crippen molar-refractivity contribution in [3.63, 3.8) is 0 Å². The molecular weight excluding hydrogens is 342 g/mol. The first-order chi connectivity index (χ1) is 11.9. The maximum absolute atomic E-state index is 12.0. The lowest BCUT2D eigenvalue weighted by Gasteiger charge is -2.23. The highest BCUT2D eigenvalue weighted by molar-refractivity contribution is 7.91. The summed E-state index contributed by atoms with van der Waals surface area (Å²) in [5.41, 5.74) is 0. The summed E-state index contributed by atoms with van der Waals surface area (Å²) in [6, 6.07) is -0.0376. The first-order valence-electron chi connectivity index (χ1n) is 9.16. The van der Waals surface area contributed by atoms with Gasteiger partial charge >= 0.3 is 5.97 Å². The van der Waals surface area contributed by atoms with E-state index < -0.39 is 23.2 Å². The number of unbranched alkanes of at least 4 members (excludes halogenated alkanes) is 2. The zero-order valence-electron chi connectivity index (χ0n) is 15.1. The number of carbonyl (C=O) groups excluding carboxylic acids is 1. The molecule has 2 N–H and O–H groups in total. The van der Waals surface area contributed by atoms with Crippen LogP contribution in [-0.2, 0) is 20.8 Å². The molecule has 0 bridgehead atoms. The SMILES string of the molecule is CCCCCC(O)C=CC1CCC(=O)N1CC[S+]([O-])CCCC(=O)O. The summed E-state index contributed by atoms with van der Waals surface area (Å²) >= 11 is -1.11. The van der Waals surface area contributed by atoms with E-state index in [0.717, 1.165) is 32.1 Å². The Hall–Kier alpha value is -1.05. The molecule has 0 aromatic heterocycles. The van der Waals surface area contributed by atoms with Gasteiger partial charge in [0.05, 0.1) is 18.7 Å².